The second kappa shape index (κ2) is 8.26. The molecule has 4 aliphatic rings. The van der Waals surface area contributed by atoms with E-state index in [1.54, 1.807) is 11.1 Å². The van der Waals surface area contributed by atoms with Gasteiger partial charge in [0.2, 0.25) is 0 Å². The molecule has 32 heavy (non-hydrogen) atoms. The Hall–Kier alpha value is -0.600. The first-order chi connectivity index (χ1) is 14.9. The van der Waals surface area contributed by atoms with E-state index >= 15 is 0 Å². The zero-order valence-corrected chi connectivity index (χ0v) is 22.1. The summed E-state index contributed by atoms with van der Waals surface area (Å²) in [5.41, 5.74) is 5.57. The average Bonchev–Trinajstić information content (AvgIpc) is 3.09. The van der Waals surface area contributed by atoms with Gasteiger partial charge < -0.3 is 10.2 Å². The van der Waals surface area contributed by atoms with E-state index in [0.717, 1.165) is 18.8 Å². The molecule has 2 nitrogen and oxygen atoms in total. The Kier molecular flexibility index (Phi) is 6.33. The molecule has 0 aliphatic heterocycles. The highest BCUT2D eigenvalue weighted by Crippen LogP contribution is 2.75. The van der Waals surface area contributed by atoms with Crippen molar-refractivity contribution in [2.75, 3.05) is 6.61 Å². The molecular weight excluding hydrogens is 392 g/mol. The Morgan fingerprint density at radius 3 is 2.28 bits per heavy atom. The second-order valence-corrected chi connectivity index (χ2v) is 13.5. The fourth-order valence-corrected chi connectivity index (χ4v) is 9.79. The van der Waals surface area contributed by atoms with E-state index in [1.165, 1.54) is 56.9 Å². The van der Waals surface area contributed by atoms with E-state index in [2.05, 4.69) is 54.5 Å². The molecule has 0 aromatic carbocycles. The maximum Gasteiger partial charge on any atom is 0.0618 e. The number of aliphatic hydroxyl groups excluding tert-OH is 2. The van der Waals surface area contributed by atoms with Gasteiger partial charge in [0.15, 0.2) is 0 Å². The maximum absolute atomic E-state index is 10.9. The van der Waals surface area contributed by atoms with Crippen LogP contribution in [0.25, 0.3) is 0 Å². The molecule has 2 heteroatoms. The molecule has 0 spiro atoms. The maximum atomic E-state index is 10.9. The number of rotatable bonds is 4. The van der Waals surface area contributed by atoms with E-state index in [0.29, 0.717) is 22.7 Å². The summed E-state index contributed by atoms with van der Waals surface area (Å²) in [7, 11) is 0. The molecule has 0 aromatic rings. The van der Waals surface area contributed by atoms with Crippen LogP contribution in [0.4, 0.5) is 0 Å². The molecule has 2 N–H and O–H groups in total. The molecule has 4 saturated carbocycles. The van der Waals surface area contributed by atoms with Gasteiger partial charge in [-0.3, -0.25) is 0 Å². The molecule has 4 aliphatic carbocycles. The molecule has 0 saturated heterocycles. The number of fused-ring (bicyclic) bond motifs is 5. The van der Waals surface area contributed by atoms with Crippen LogP contribution in [0.5, 0.6) is 0 Å². The van der Waals surface area contributed by atoms with E-state index in [1.807, 2.05) is 0 Å². The number of hydrogen-bond donors (Lipinski definition) is 2. The van der Waals surface area contributed by atoms with Crippen molar-refractivity contribution >= 4 is 0 Å². The first-order valence-electron chi connectivity index (χ1n) is 13.5. The van der Waals surface area contributed by atoms with E-state index in [4.69, 9.17) is 0 Å². The predicted molar refractivity (Wildman–Crippen MR) is 134 cm³/mol. The van der Waals surface area contributed by atoms with Crippen molar-refractivity contribution < 1.29 is 10.2 Å². The molecule has 182 valence electrons. The van der Waals surface area contributed by atoms with Crippen LogP contribution >= 0.6 is 0 Å². The zero-order valence-electron chi connectivity index (χ0n) is 22.1. The van der Waals surface area contributed by atoms with Crippen molar-refractivity contribution in [3.8, 4) is 0 Å². The van der Waals surface area contributed by atoms with Gasteiger partial charge in [-0.2, -0.15) is 0 Å². The molecule has 4 rings (SSSR count). The van der Waals surface area contributed by atoms with Gasteiger partial charge in [0, 0.05) is 5.41 Å². The van der Waals surface area contributed by atoms with E-state index in [-0.39, 0.29) is 23.5 Å². The van der Waals surface area contributed by atoms with Crippen LogP contribution in [0, 0.1) is 39.4 Å². The van der Waals surface area contributed by atoms with Gasteiger partial charge in [0.25, 0.3) is 0 Å². The van der Waals surface area contributed by atoms with Crippen molar-refractivity contribution in [1.29, 1.82) is 0 Å². The molecular formula is C30H50O2. The molecule has 1 unspecified atom stereocenters. The third-order valence-corrected chi connectivity index (χ3v) is 11.9. The minimum absolute atomic E-state index is 0.121. The zero-order chi connectivity index (χ0) is 23.5. The number of hydrogen-bond acceptors (Lipinski definition) is 2. The third kappa shape index (κ3) is 3.33. The molecule has 4 fully saturated rings. The summed E-state index contributed by atoms with van der Waals surface area (Å²) in [5.74, 6) is 1.90. The first-order valence-corrected chi connectivity index (χ1v) is 13.5. The van der Waals surface area contributed by atoms with Gasteiger partial charge in [0.1, 0.15) is 0 Å². The fourth-order valence-electron chi connectivity index (χ4n) is 9.79. The lowest BCUT2D eigenvalue weighted by Crippen LogP contribution is -2.64. The average molecular weight is 443 g/mol. The van der Waals surface area contributed by atoms with Crippen LogP contribution in [0.3, 0.4) is 0 Å². The summed E-state index contributed by atoms with van der Waals surface area (Å²) < 4.78 is 0. The second-order valence-electron chi connectivity index (χ2n) is 13.5. The molecule has 0 amide bonds. The highest BCUT2D eigenvalue weighted by atomic mass is 16.3. The van der Waals surface area contributed by atoms with Crippen LogP contribution in [0.1, 0.15) is 113 Å². The van der Waals surface area contributed by atoms with E-state index in [9.17, 15) is 10.2 Å². The monoisotopic (exact) mass is 442 g/mol. The number of allylic oxidation sites excluding steroid dienone is 4. The Labute approximate surface area is 198 Å². The first kappa shape index (κ1) is 24.5. The summed E-state index contributed by atoms with van der Waals surface area (Å²) in [6.07, 6.45) is 14.2. The largest absolute Gasteiger partial charge is 0.396 e. The topological polar surface area (TPSA) is 40.5 Å². The van der Waals surface area contributed by atoms with Crippen LogP contribution < -0.4 is 0 Å². The molecule has 8 atom stereocenters. The van der Waals surface area contributed by atoms with Crippen molar-refractivity contribution in [3.05, 3.63) is 22.8 Å². The van der Waals surface area contributed by atoms with Gasteiger partial charge in [-0.25, -0.2) is 0 Å². The predicted octanol–water partition coefficient (Wildman–Crippen LogP) is 7.45. The Balaban J connectivity index is 1.65. The smallest absolute Gasteiger partial charge is 0.0618 e. The standard InChI is InChI=1S/C30H50O2/c1-20(2)9-8-10-21(3)22-13-17-29(6)23(22)11-12-25-27(4)16-15-26(32)28(5,19-31)24(27)14-18-30(25,29)7/h9,23-26,31-32H,8,10-19H2,1-7H3/b22-21+/t23-,24+,25-,26?,27-,28+,29-,30-/m0/s1. The van der Waals surface area contributed by atoms with Gasteiger partial charge in [0.05, 0.1) is 12.7 Å². The Morgan fingerprint density at radius 2 is 1.62 bits per heavy atom. The highest BCUT2D eigenvalue weighted by Gasteiger charge is 2.68. The summed E-state index contributed by atoms with van der Waals surface area (Å²) in [6, 6.07) is 0. The quantitative estimate of drug-likeness (QED) is 0.444. The summed E-state index contributed by atoms with van der Waals surface area (Å²) in [6.45, 7) is 17.0. The lowest BCUT2D eigenvalue weighted by Gasteiger charge is -2.69. The van der Waals surface area contributed by atoms with E-state index < -0.39 is 0 Å². The van der Waals surface area contributed by atoms with Crippen LogP contribution in [0.15, 0.2) is 22.8 Å². The molecule has 0 bridgehead atoms. The van der Waals surface area contributed by atoms with Gasteiger partial charge in [-0.15, -0.1) is 0 Å². The minimum Gasteiger partial charge on any atom is -0.396 e. The normalized spacial score (nSPS) is 49.7. The SMILES string of the molecule is CC(C)=CCC/C(C)=C1\CC[C@@]2(C)[C@H]1CC[C@H]1[C@@]3(C)CCC(O)[C@](C)(CO)[C@@H]3CC[C@@]12C. The molecule has 0 radical (unpaired) electrons. The van der Waals surface area contributed by atoms with Gasteiger partial charge >= 0.3 is 0 Å². The van der Waals surface area contributed by atoms with Crippen molar-refractivity contribution in [2.24, 2.45) is 39.4 Å². The van der Waals surface area contributed by atoms with Crippen LogP contribution in [-0.2, 0) is 0 Å². The lowest BCUT2D eigenvalue weighted by molar-refractivity contribution is -0.227. The van der Waals surface area contributed by atoms with Crippen molar-refractivity contribution in [3.63, 3.8) is 0 Å². The third-order valence-electron chi connectivity index (χ3n) is 11.9. The van der Waals surface area contributed by atoms with Gasteiger partial charge in [-0.05, 0) is 119 Å². The highest BCUT2D eigenvalue weighted by molar-refractivity contribution is 5.29. The Morgan fingerprint density at radius 1 is 0.906 bits per heavy atom. The lowest BCUT2D eigenvalue weighted by atomic mass is 9.35. The molecule has 0 heterocycles. The van der Waals surface area contributed by atoms with Crippen molar-refractivity contribution in [2.45, 2.75) is 119 Å². The summed E-state index contributed by atoms with van der Waals surface area (Å²) in [4.78, 5) is 0. The molecule has 0 aromatic heterocycles. The Bertz CT molecular complexity index is 791. The van der Waals surface area contributed by atoms with Crippen LogP contribution in [-0.4, -0.2) is 22.9 Å². The van der Waals surface area contributed by atoms with Gasteiger partial charge in [-0.1, -0.05) is 50.5 Å². The van der Waals surface area contributed by atoms with Crippen molar-refractivity contribution in [1.82, 2.24) is 0 Å². The fraction of sp³-hybridized carbons (Fsp3) is 0.867. The summed E-state index contributed by atoms with van der Waals surface area (Å²) in [5, 5.41) is 21.2. The van der Waals surface area contributed by atoms with Crippen LogP contribution in [0.2, 0.25) is 0 Å². The number of aliphatic hydroxyl groups is 2. The summed E-state index contributed by atoms with van der Waals surface area (Å²) >= 11 is 0. The minimum atomic E-state index is -0.355.